The molecule has 0 unspecified atom stereocenters. The lowest BCUT2D eigenvalue weighted by atomic mass is 10.2. The molecule has 0 saturated heterocycles. The van der Waals surface area contributed by atoms with Crippen molar-refractivity contribution < 1.29 is 9.90 Å². The summed E-state index contributed by atoms with van der Waals surface area (Å²) in [6.45, 7) is 4.12. The topological polar surface area (TPSA) is 53.4 Å². The maximum Gasteiger partial charge on any atom is 0.304 e. The fourth-order valence-corrected chi connectivity index (χ4v) is 2.74. The van der Waals surface area contributed by atoms with E-state index in [1.54, 1.807) is 11.3 Å². The normalized spacial score (nSPS) is 10.9. The number of carboxylic acid groups (broad SMARTS) is 1. The first-order valence-electron chi connectivity index (χ1n) is 6.63. The van der Waals surface area contributed by atoms with Gasteiger partial charge in [-0.15, -0.1) is 11.3 Å². The Labute approximate surface area is 122 Å². The summed E-state index contributed by atoms with van der Waals surface area (Å²) in [5, 5.41) is 11.8. The summed E-state index contributed by atoms with van der Waals surface area (Å²) in [6.07, 6.45) is 0.170. The summed E-state index contributed by atoms with van der Waals surface area (Å²) < 4.78 is 0. The van der Waals surface area contributed by atoms with Crippen molar-refractivity contribution >= 4 is 17.3 Å². The highest BCUT2D eigenvalue weighted by Crippen LogP contribution is 2.23. The Morgan fingerprint density at radius 2 is 2.10 bits per heavy atom. The Morgan fingerprint density at radius 1 is 1.35 bits per heavy atom. The van der Waals surface area contributed by atoms with Crippen molar-refractivity contribution in [1.29, 1.82) is 0 Å². The van der Waals surface area contributed by atoms with Gasteiger partial charge in [-0.3, -0.25) is 9.69 Å². The van der Waals surface area contributed by atoms with Crippen molar-refractivity contribution in [3.05, 3.63) is 41.4 Å². The van der Waals surface area contributed by atoms with E-state index >= 15 is 0 Å². The van der Waals surface area contributed by atoms with Crippen molar-refractivity contribution in [3.63, 3.8) is 0 Å². The van der Waals surface area contributed by atoms with Crippen molar-refractivity contribution in [3.8, 4) is 10.6 Å². The number of nitrogens with zero attached hydrogens (tertiary/aromatic N) is 2. The first kappa shape index (κ1) is 14.7. The van der Waals surface area contributed by atoms with Gasteiger partial charge >= 0.3 is 5.97 Å². The predicted octanol–water partition coefficient (Wildman–Crippen LogP) is 3.11. The van der Waals surface area contributed by atoms with Gasteiger partial charge in [-0.05, 0) is 6.54 Å². The maximum atomic E-state index is 10.6. The van der Waals surface area contributed by atoms with Gasteiger partial charge < -0.3 is 5.11 Å². The smallest absolute Gasteiger partial charge is 0.304 e. The number of thiazole rings is 1. The number of carbonyl (C=O) groups is 1. The largest absolute Gasteiger partial charge is 0.481 e. The molecule has 0 aliphatic carbocycles. The molecule has 0 radical (unpaired) electrons. The highest BCUT2D eigenvalue weighted by Gasteiger charge is 2.10. The molecule has 1 aromatic carbocycles. The minimum atomic E-state index is -0.758. The number of aromatic nitrogens is 1. The van der Waals surface area contributed by atoms with Crippen LogP contribution in [0.2, 0.25) is 0 Å². The third kappa shape index (κ3) is 4.15. The van der Waals surface area contributed by atoms with E-state index in [-0.39, 0.29) is 6.42 Å². The molecule has 0 fully saturated rings. The molecule has 20 heavy (non-hydrogen) atoms. The van der Waals surface area contributed by atoms with Gasteiger partial charge in [0, 0.05) is 24.0 Å². The molecule has 2 rings (SSSR count). The van der Waals surface area contributed by atoms with E-state index in [9.17, 15) is 4.79 Å². The van der Waals surface area contributed by atoms with E-state index in [0.29, 0.717) is 13.1 Å². The van der Waals surface area contributed by atoms with Crippen LogP contribution < -0.4 is 0 Å². The molecule has 0 bridgehead atoms. The van der Waals surface area contributed by atoms with Crippen molar-refractivity contribution in [1.82, 2.24) is 9.88 Å². The lowest BCUT2D eigenvalue weighted by Gasteiger charge is -2.17. The Balaban J connectivity index is 2.00. The van der Waals surface area contributed by atoms with Crippen molar-refractivity contribution in [2.24, 2.45) is 0 Å². The summed E-state index contributed by atoms with van der Waals surface area (Å²) >= 11 is 1.63. The summed E-state index contributed by atoms with van der Waals surface area (Å²) in [4.78, 5) is 17.3. The van der Waals surface area contributed by atoms with Gasteiger partial charge in [0.1, 0.15) is 5.01 Å². The van der Waals surface area contributed by atoms with Crippen LogP contribution in [0, 0.1) is 0 Å². The molecule has 0 atom stereocenters. The molecule has 0 aliphatic rings. The Hall–Kier alpha value is -1.72. The second-order valence-electron chi connectivity index (χ2n) is 4.52. The quantitative estimate of drug-likeness (QED) is 0.851. The van der Waals surface area contributed by atoms with Gasteiger partial charge in [-0.2, -0.15) is 0 Å². The summed E-state index contributed by atoms with van der Waals surface area (Å²) in [5.74, 6) is -0.758. The molecule has 2 aromatic rings. The lowest BCUT2D eigenvalue weighted by Crippen LogP contribution is -2.25. The minimum Gasteiger partial charge on any atom is -0.481 e. The lowest BCUT2D eigenvalue weighted by molar-refractivity contribution is -0.137. The molecule has 0 saturated carbocycles. The molecule has 1 N–H and O–H groups in total. The first-order chi connectivity index (χ1) is 9.69. The molecule has 5 heteroatoms. The SMILES string of the molecule is CCN(CCC(=O)O)Cc1csc(-c2ccccc2)n1. The van der Waals surface area contributed by atoms with Gasteiger partial charge in [0.05, 0.1) is 12.1 Å². The minimum absolute atomic E-state index is 0.170. The van der Waals surface area contributed by atoms with Crippen LogP contribution in [0.1, 0.15) is 19.0 Å². The molecular weight excluding hydrogens is 272 g/mol. The van der Waals surface area contributed by atoms with E-state index in [0.717, 1.165) is 22.8 Å². The Morgan fingerprint density at radius 3 is 2.75 bits per heavy atom. The van der Waals surface area contributed by atoms with Crippen LogP contribution in [0.5, 0.6) is 0 Å². The van der Waals surface area contributed by atoms with Crippen LogP contribution >= 0.6 is 11.3 Å². The number of hydrogen-bond acceptors (Lipinski definition) is 4. The second-order valence-corrected chi connectivity index (χ2v) is 5.38. The molecule has 0 aliphatic heterocycles. The summed E-state index contributed by atoms with van der Waals surface area (Å²) in [6, 6.07) is 10.1. The van der Waals surface area contributed by atoms with Crippen molar-refractivity contribution in [2.45, 2.75) is 19.9 Å². The number of hydrogen-bond donors (Lipinski definition) is 1. The zero-order valence-electron chi connectivity index (χ0n) is 11.5. The van der Waals surface area contributed by atoms with E-state index in [4.69, 9.17) is 5.11 Å². The van der Waals surface area contributed by atoms with Gasteiger partial charge in [-0.1, -0.05) is 37.3 Å². The van der Waals surface area contributed by atoms with Crippen molar-refractivity contribution in [2.75, 3.05) is 13.1 Å². The van der Waals surface area contributed by atoms with E-state index in [1.807, 2.05) is 42.6 Å². The number of benzene rings is 1. The van der Waals surface area contributed by atoms with Gasteiger partial charge in [-0.25, -0.2) is 4.98 Å². The number of rotatable bonds is 7. The zero-order chi connectivity index (χ0) is 14.4. The van der Waals surface area contributed by atoms with Crippen LogP contribution in [0.3, 0.4) is 0 Å². The Bertz CT molecular complexity index is 554. The molecular formula is C15H18N2O2S. The molecule has 0 spiro atoms. The summed E-state index contributed by atoms with van der Waals surface area (Å²) in [5.41, 5.74) is 2.12. The highest BCUT2D eigenvalue weighted by molar-refractivity contribution is 7.13. The third-order valence-electron chi connectivity index (χ3n) is 3.05. The number of aliphatic carboxylic acids is 1. The fraction of sp³-hybridized carbons (Fsp3) is 0.333. The standard InChI is InChI=1S/C15H18N2O2S/c1-2-17(9-8-14(18)19)10-13-11-20-15(16-13)12-6-4-3-5-7-12/h3-7,11H,2,8-10H2,1H3,(H,18,19). The van der Waals surface area contributed by atoms with E-state index in [1.165, 1.54) is 0 Å². The van der Waals surface area contributed by atoms with E-state index in [2.05, 4.69) is 9.88 Å². The molecule has 0 amide bonds. The monoisotopic (exact) mass is 290 g/mol. The fourth-order valence-electron chi connectivity index (χ4n) is 1.92. The average Bonchev–Trinajstić information content (AvgIpc) is 2.92. The average molecular weight is 290 g/mol. The summed E-state index contributed by atoms with van der Waals surface area (Å²) in [7, 11) is 0. The van der Waals surface area contributed by atoms with Crippen LogP contribution in [-0.4, -0.2) is 34.0 Å². The van der Waals surface area contributed by atoms with Gasteiger partial charge in [0.25, 0.3) is 0 Å². The zero-order valence-corrected chi connectivity index (χ0v) is 12.3. The van der Waals surface area contributed by atoms with Crippen LogP contribution in [0.25, 0.3) is 10.6 Å². The van der Waals surface area contributed by atoms with Gasteiger partial charge in [0.2, 0.25) is 0 Å². The molecule has 4 nitrogen and oxygen atoms in total. The predicted molar refractivity (Wildman–Crippen MR) is 80.8 cm³/mol. The Kier molecular flexibility index (Phi) is 5.26. The van der Waals surface area contributed by atoms with Crippen LogP contribution in [-0.2, 0) is 11.3 Å². The highest BCUT2D eigenvalue weighted by atomic mass is 32.1. The number of carboxylic acids is 1. The van der Waals surface area contributed by atoms with Crippen LogP contribution in [0.15, 0.2) is 35.7 Å². The van der Waals surface area contributed by atoms with Crippen LogP contribution in [0.4, 0.5) is 0 Å². The third-order valence-corrected chi connectivity index (χ3v) is 3.99. The molecule has 1 heterocycles. The maximum absolute atomic E-state index is 10.6. The first-order valence-corrected chi connectivity index (χ1v) is 7.51. The second kappa shape index (κ2) is 7.17. The molecule has 1 aromatic heterocycles. The molecule has 106 valence electrons. The van der Waals surface area contributed by atoms with E-state index < -0.39 is 5.97 Å². The van der Waals surface area contributed by atoms with Gasteiger partial charge in [0.15, 0.2) is 0 Å².